The number of nitrogens with one attached hydrogen (secondary N) is 2. The Morgan fingerprint density at radius 1 is 1.41 bits per heavy atom. The molecule has 0 unspecified atom stereocenters. The number of benzene rings is 1. The van der Waals surface area contributed by atoms with Crippen molar-refractivity contribution < 1.29 is 9.53 Å². The molecular formula is C13H20N2O2. The van der Waals surface area contributed by atoms with Crippen LogP contribution in [0.2, 0.25) is 0 Å². The number of carbonyl (C=O) groups is 1. The van der Waals surface area contributed by atoms with E-state index in [-0.39, 0.29) is 11.9 Å². The lowest BCUT2D eigenvalue weighted by Gasteiger charge is -2.16. The van der Waals surface area contributed by atoms with Gasteiger partial charge in [-0.25, -0.2) is 0 Å². The van der Waals surface area contributed by atoms with Gasteiger partial charge in [-0.15, -0.1) is 0 Å². The first-order chi connectivity index (χ1) is 8.19. The third-order valence-electron chi connectivity index (χ3n) is 2.69. The fourth-order valence-electron chi connectivity index (χ4n) is 1.66. The first-order valence-electron chi connectivity index (χ1n) is 5.76. The normalized spacial score (nSPS) is 11.9. The summed E-state index contributed by atoms with van der Waals surface area (Å²) < 4.78 is 5.30. The molecule has 1 aromatic carbocycles. The molecule has 1 atom stereocenters. The second kappa shape index (κ2) is 6.91. The van der Waals surface area contributed by atoms with E-state index in [0.29, 0.717) is 13.0 Å². The predicted octanol–water partition coefficient (Wildman–Crippen LogP) is 1.48. The molecule has 0 aliphatic rings. The monoisotopic (exact) mass is 236 g/mol. The molecule has 0 bridgehead atoms. The minimum absolute atomic E-state index is 0.0460. The van der Waals surface area contributed by atoms with Crippen LogP contribution in [0.5, 0.6) is 5.75 Å². The van der Waals surface area contributed by atoms with Gasteiger partial charge in [0.1, 0.15) is 5.75 Å². The van der Waals surface area contributed by atoms with Crippen LogP contribution in [0, 0.1) is 0 Å². The van der Waals surface area contributed by atoms with E-state index in [0.717, 1.165) is 11.3 Å². The summed E-state index contributed by atoms with van der Waals surface area (Å²) in [7, 11) is 3.31. The van der Waals surface area contributed by atoms with Crippen molar-refractivity contribution >= 4 is 5.91 Å². The van der Waals surface area contributed by atoms with Crippen LogP contribution in [-0.4, -0.2) is 26.6 Å². The Morgan fingerprint density at radius 3 is 2.76 bits per heavy atom. The molecule has 0 aliphatic carbocycles. The van der Waals surface area contributed by atoms with Gasteiger partial charge in [0.15, 0.2) is 0 Å². The maximum absolute atomic E-state index is 11.1. The van der Waals surface area contributed by atoms with Crippen molar-refractivity contribution in [1.82, 2.24) is 10.6 Å². The van der Waals surface area contributed by atoms with Gasteiger partial charge < -0.3 is 15.4 Å². The van der Waals surface area contributed by atoms with E-state index in [1.165, 1.54) is 0 Å². The van der Waals surface area contributed by atoms with E-state index in [1.54, 1.807) is 14.2 Å². The summed E-state index contributed by atoms with van der Waals surface area (Å²) in [6, 6.07) is 8.05. The first kappa shape index (κ1) is 13.5. The van der Waals surface area contributed by atoms with Gasteiger partial charge in [0.05, 0.1) is 7.11 Å². The molecule has 94 valence electrons. The molecular weight excluding hydrogens is 216 g/mol. The number of rotatable bonds is 6. The number of methoxy groups -OCH3 is 1. The summed E-state index contributed by atoms with van der Waals surface area (Å²) in [5.41, 5.74) is 1.10. The number of carbonyl (C=O) groups excluding carboxylic acids is 1. The van der Waals surface area contributed by atoms with Gasteiger partial charge >= 0.3 is 0 Å². The van der Waals surface area contributed by atoms with Crippen LogP contribution in [0.25, 0.3) is 0 Å². The van der Waals surface area contributed by atoms with E-state index in [9.17, 15) is 4.79 Å². The Balaban J connectivity index is 2.51. The Morgan fingerprint density at radius 2 is 2.12 bits per heavy atom. The predicted molar refractivity (Wildman–Crippen MR) is 68.1 cm³/mol. The Kier molecular flexibility index (Phi) is 5.49. The molecule has 1 amide bonds. The SMILES string of the molecule is CNC(=O)CCN[C@@H](C)c1ccccc1OC. The van der Waals surface area contributed by atoms with Crippen LogP contribution in [0.1, 0.15) is 24.9 Å². The first-order valence-corrected chi connectivity index (χ1v) is 5.76. The lowest BCUT2D eigenvalue weighted by atomic mass is 10.1. The molecule has 17 heavy (non-hydrogen) atoms. The molecule has 0 aromatic heterocycles. The molecule has 0 spiro atoms. The smallest absolute Gasteiger partial charge is 0.221 e. The molecule has 1 aromatic rings. The largest absolute Gasteiger partial charge is 0.496 e. The van der Waals surface area contributed by atoms with Gasteiger partial charge in [0.2, 0.25) is 5.91 Å². The zero-order chi connectivity index (χ0) is 12.7. The summed E-state index contributed by atoms with van der Waals surface area (Å²) in [5, 5.41) is 5.90. The number of para-hydroxylation sites is 1. The van der Waals surface area contributed by atoms with Crippen LogP contribution in [0.4, 0.5) is 0 Å². The van der Waals surface area contributed by atoms with Crippen molar-refractivity contribution in [1.29, 1.82) is 0 Å². The molecule has 0 fully saturated rings. The molecule has 0 heterocycles. The zero-order valence-electron chi connectivity index (χ0n) is 10.6. The van der Waals surface area contributed by atoms with Gasteiger partial charge in [-0.3, -0.25) is 4.79 Å². The van der Waals surface area contributed by atoms with Crippen molar-refractivity contribution in [3.05, 3.63) is 29.8 Å². The third-order valence-corrected chi connectivity index (χ3v) is 2.69. The summed E-state index contributed by atoms with van der Waals surface area (Å²) in [4.78, 5) is 11.1. The minimum Gasteiger partial charge on any atom is -0.496 e. The van der Waals surface area contributed by atoms with Gasteiger partial charge in [-0.05, 0) is 13.0 Å². The third kappa shape index (κ3) is 4.07. The van der Waals surface area contributed by atoms with Crippen LogP contribution >= 0.6 is 0 Å². The summed E-state index contributed by atoms with van der Waals surface area (Å²) >= 11 is 0. The highest BCUT2D eigenvalue weighted by Crippen LogP contribution is 2.23. The lowest BCUT2D eigenvalue weighted by Crippen LogP contribution is -2.26. The highest BCUT2D eigenvalue weighted by Gasteiger charge is 2.10. The van der Waals surface area contributed by atoms with E-state index in [1.807, 2.05) is 24.3 Å². The summed E-state index contributed by atoms with van der Waals surface area (Å²) in [5.74, 6) is 0.914. The van der Waals surface area contributed by atoms with E-state index in [2.05, 4.69) is 17.6 Å². The van der Waals surface area contributed by atoms with Crippen LogP contribution in [-0.2, 0) is 4.79 Å². The van der Waals surface area contributed by atoms with Gasteiger partial charge in [0, 0.05) is 31.6 Å². The van der Waals surface area contributed by atoms with Crippen LogP contribution < -0.4 is 15.4 Å². The molecule has 0 radical (unpaired) electrons. The highest BCUT2D eigenvalue weighted by atomic mass is 16.5. The average Bonchev–Trinajstić information content (AvgIpc) is 2.38. The van der Waals surface area contributed by atoms with Crippen molar-refractivity contribution in [2.75, 3.05) is 20.7 Å². The molecule has 0 saturated heterocycles. The van der Waals surface area contributed by atoms with Crippen molar-refractivity contribution in [2.45, 2.75) is 19.4 Å². The maximum Gasteiger partial charge on any atom is 0.221 e. The minimum atomic E-state index is 0.0460. The Hall–Kier alpha value is -1.55. The lowest BCUT2D eigenvalue weighted by molar-refractivity contribution is -0.120. The second-order valence-corrected chi connectivity index (χ2v) is 3.84. The quantitative estimate of drug-likeness (QED) is 0.786. The van der Waals surface area contributed by atoms with Crippen LogP contribution in [0.15, 0.2) is 24.3 Å². The molecule has 4 heteroatoms. The maximum atomic E-state index is 11.1. The second-order valence-electron chi connectivity index (χ2n) is 3.84. The zero-order valence-corrected chi connectivity index (χ0v) is 10.6. The Bertz CT molecular complexity index is 366. The van der Waals surface area contributed by atoms with E-state index in [4.69, 9.17) is 4.74 Å². The van der Waals surface area contributed by atoms with Crippen molar-refractivity contribution in [2.24, 2.45) is 0 Å². The fourth-order valence-corrected chi connectivity index (χ4v) is 1.66. The molecule has 1 rings (SSSR count). The topological polar surface area (TPSA) is 50.4 Å². The van der Waals surface area contributed by atoms with Crippen molar-refractivity contribution in [3.8, 4) is 5.75 Å². The van der Waals surface area contributed by atoms with E-state index >= 15 is 0 Å². The van der Waals surface area contributed by atoms with Crippen molar-refractivity contribution in [3.63, 3.8) is 0 Å². The Labute approximate surface area is 102 Å². The number of ether oxygens (including phenoxy) is 1. The van der Waals surface area contributed by atoms with Crippen LogP contribution in [0.3, 0.4) is 0 Å². The number of amides is 1. The van der Waals surface area contributed by atoms with E-state index < -0.39 is 0 Å². The van der Waals surface area contributed by atoms with Gasteiger partial charge in [-0.2, -0.15) is 0 Å². The molecule has 0 saturated carbocycles. The molecule has 4 nitrogen and oxygen atoms in total. The van der Waals surface area contributed by atoms with Gasteiger partial charge in [0.25, 0.3) is 0 Å². The average molecular weight is 236 g/mol. The highest BCUT2D eigenvalue weighted by molar-refractivity contribution is 5.75. The number of hydrogen-bond donors (Lipinski definition) is 2. The summed E-state index contributed by atoms with van der Waals surface area (Å²) in [6.07, 6.45) is 0.482. The fraction of sp³-hybridized carbons (Fsp3) is 0.462. The molecule has 0 aliphatic heterocycles. The summed E-state index contributed by atoms with van der Waals surface area (Å²) in [6.45, 7) is 2.71. The molecule has 2 N–H and O–H groups in total. The standard InChI is InChI=1S/C13H20N2O2/c1-10(15-9-8-13(16)14-2)11-6-4-5-7-12(11)17-3/h4-7,10,15H,8-9H2,1-3H3,(H,14,16)/t10-/m0/s1. The van der Waals surface area contributed by atoms with Gasteiger partial charge in [-0.1, -0.05) is 18.2 Å². The number of hydrogen-bond acceptors (Lipinski definition) is 3.